The maximum Gasteiger partial charge on any atom is 0.311 e. The van der Waals surface area contributed by atoms with Crippen LogP contribution in [0.25, 0.3) is 0 Å². The Labute approximate surface area is 107 Å². The highest BCUT2D eigenvalue weighted by atomic mass is 16.5. The molecule has 1 aliphatic rings. The van der Waals surface area contributed by atoms with Gasteiger partial charge in [0.1, 0.15) is 0 Å². The summed E-state index contributed by atoms with van der Waals surface area (Å²) in [6.45, 7) is 3.53. The van der Waals surface area contributed by atoms with Gasteiger partial charge in [-0.3, -0.25) is 4.79 Å². The van der Waals surface area contributed by atoms with E-state index in [9.17, 15) is 15.0 Å². The van der Waals surface area contributed by atoms with E-state index in [-0.39, 0.29) is 19.1 Å². The standard InChI is InChI=1S/C12H23NO5/c1-9(6-17-2)18-7-10(14)5-12(11(15)16)3-4-13-8-12/h9-10,13-14H,3-8H2,1-2H3,(H,15,16). The largest absolute Gasteiger partial charge is 0.481 e. The molecule has 3 N–H and O–H groups in total. The topological polar surface area (TPSA) is 88.0 Å². The van der Waals surface area contributed by atoms with Crippen molar-refractivity contribution in [3.63, 3.8) is 0 Å². The Kier molecular flexibility index (Phi) is 6.01. The van der Waals surface area contributed by atoms with E-state index in [1.54, 1.807) is 7.11 Å². The number of rotatable bonds is 8. The quantitative estimate of drug-likeness (QED) is 0.563. The summed E-state index contributed by atoms with van der Waals surface area (Å²) in [5.74, 6) is -0.850. The molecule has 1 aliphatic heterocycles. The number of methoxy groups -OCH3 is 1. The highest BCUT2D eigenvalue weighted by Gasteiger charge is 2.42. The normalized spacial score (nSPS) is 27.1. The van der Waals surface area contributed by atoms with Gasteiger partial charge in [0.15, 0.2) is 0 Å². The third kappa shape index (κ3) is 4.20. The third-order valence-electron chi connectivity index (χ3n) is 3.30. The number of hydrogen-bond acceptors (Lipinski definition) is 5. The lowest BCUT2D eigenvalue weighted by molar-refractivity contribution is -0.150. The molecule has 1 fully saturated rings. The van der Waals surface area contributed by atoms with Crippen molar-refractivity contribution in [1.29, 1.82) is 0 Å². The molecule has 18 heavy (non-hydrogen) atoms. The Morgan fingerprint density at radius 3 is 2.72 bits per heavy atom. The third-order valence-corrected chi connectivity index (χ3v) is 3.30. The summed E-state index contributed by atoms with van der Waals surface area (Å²) >= 11 is 0. The van der Waals surface area contributed by atoms with Crippen molar-refractivity contribution in [2.45, 2.75) is 32.0 Å². The minimum absolute atomic E-state index is 0.105. The first-order valence-corrected chi connectivity index (χ1v) is 6.23. The summed E-state index contributed by atoms with van der Waals surface area (Å²) in [5, 5.41) is 22.2. The van der Waals surface area contributed by atoms with E-state index in [0.29, 0.717) is 26.1 Å². The highest BCUT2D eigenvalue weighted by Crippen LogP contribution is 2.31. The number of carboxylic acids is 1. The number of carboxylic acid groups (broad SMARTS) is 1. The second kappa shape index (κ2) is 7.04. The molecule has 0 aromatic carbocycles. The number of aliphatic hydroxyl groups is 1. The molecule has 106 valence electrons. The number of aliphatic hydroxyl groups excluding tert-OH is 1. The van der Waals surface area contributed by atoms with E-state index in [0.717, 1.165) is 0 Å². The van der Waals surface area contributed by atoms with Gasteiger partial charge < -0.3 is 25.0 Å². The van der Waals surface area contributed by atoms with Crippen LogP contribution in [0.15, 0.2) is 0 Å². The minimum Gasteiger partial charge on any atom is -0.481 e. The molecule has 6 nitrogen and oxygen atoms in total. The number of hydrogen-bond donors (Lipinski definition) is 3. The highest BCUT2D eigenvalue weighted by molar-refractivity contribution is 5.75. The van der Waals surface area contributed by atoms with Gasteiger partial charge in [-0.1, -0.05) is 0 Å². The second-order valence-electron chi connectivity index (χ2n) is 4.97. The van der Waals surface area contributed by atoms with Crippen molar-refractivity contribution < 1.29 is 24.5 Å². The van der Waals surface area contributed by atoms with Gasteiger partial charge in [0, 0.05) is 13.7 Å². The zero-order valence-electron chi connectivity index (χ0n) is 11.0. The van der Waals surface area contributed by atoms with E-state index in [4.69, 9.17) is 9.47 Å². The van der Waals surface area contributed by atoms with E-state index in [1.165, 1.54) is 0 Å². The molecule has 3 unspecified atom stereocenters. The Morgan fingerprint density at radius 1 is 1.50 bits per heavy atom. The first-order chi connectivity index (χ1) is 8.50. The van der Waals surface area contributed by atoms with Gasteiger partial charge in [0.25, 0.3) is 0 Å². The Hall–Kier alpha value is -0.690. The first-order valence-electron chi connectivity index (χ1n) is 6.23. The van der Waals surface area contributed by atoms with Crippen molar-refractivity contribution in [3.05, 3.63) is 0 Å². The van der Waals surface area contributed by atoms with Crippen LogP contribution in [0.5, 0.6) is 0 Å². The molecule has 6 heteroatoms. The number of aliphatic carboxylic acids is 1. The lowest BCUT2D eigenvalue weighted by Gasteiger charge is -2.26. The maximum absolute atomic E-state index is 11.3. The van der Waals surface area contributed by atoms with Gasteiger partial charge in [0.05, 0.1) is 30.8 Å². The lowest BCUT2D eigenvalue weighted by Crippen LogP contribution is -2.38. The van der Waals surface area contributed by atoms with Crippen LogP contribution in [0, 0.1) is 5.41 Å². The number of nitrogens with one attached hydrogen (secondary N) is 1. The molecule has 3 atom stereocenters. The molecule has 0 spiro atoms. The minimum atomic E-state index is -0.854. The van der Waals surface area contributed by atoms with Crippen LogP contribution in [0.4, 0.5) is 0 Å². The van der Waals surface area contributed by atoms with Crippen LogP contribution in [-0.2, 0) is 14.3 Å². The summed E-state index contributed by atoms with van der Waals surface area (Å²) in [5.41, 5.74) is -0.854. The monoisotopic (exact) mass is 261 g/mol. The van der Waals surface area contributed by atoms with Gasteiger partial charge >= 0.3 is 5.97 Å². The summed E-state index contributed by atoms with van der Waals surface area (Å²) in [6, 6.07) is 0. The first kappa shape index (κ1) is 15.4. The average Bonchev–Trinajstić information content (AvgIpc) is 2.77. The van der Waals surface area contributed by atoms with Crippen molar-refractivity contribution in [2.75, 3.05) is 33.4 Å². The molecule has 0 aromatic heterocycles. The Balaban J connectivity index is 2.38. The molecule has 0 radical (unpaired) electrons. The second-order valence-corrected chi connectivity index (χ2v) is 4.97. The molecule has 1 heterocycles. The van der Waals surface area contributed by atoms with Crippen LogP contribution in [0.2, 0.25) is 0 Å². The molecule has 1 saturated heterocycles. The zero-order valence-corrected chi connectivity index (χ0v) is 11.0. The van der Waals surface area contributed by atoms with Gasteiger partial charge in [-0.05, 0) is 26.3 Å². The molecule has 0 aliphatic carbocycles. The predicted molar refractivity (Wildman–Crippen MR) is 65.5 cm³/mol. The van der Waals surface area contributed by atoms with Crippen LogP contribution < -0.4 is 5.32 Å². The summed E-state index contributed by atoms with van der Waals surface area (Å²) in [6.07, 6.45) is -0.102. The zero-order chi connectivity index (χ0) is 13.6. The SMILES string of the molecule is COCC(C)OCC(O)CC1(C(=O)O)CCNC1. The summed E-state index contributed by atoms with van der Waals surface area (Å²) in [7, 11) is 1.58. The molecular weight excluding hydrogens is 238 g/mol. The number of carbonyl (C=O) groups is 1. The maximum atomic E-state index is 11.3. The average molecular weight is 261 g/mol. The molecule has 0 aromatic rings. The Bertz CT molecular complexity index is 265. The van der Waals surface area contributed by atoms with Gasteiger partial charge in [-0.25, -0.2) is 0 Å². The molecule has 1 rings (SSSR count). The Morgan fingerprint density at radius 2 is 2.22 bits per heavy atom. The van der Waals surface area contributed by atoms with Crippen molar-refractivity contribution in [3.8, 4) is 0 Å². The predicted octanol–water partition coefficient (Wildman–Crippen LogP) is -0.147. The van der Waals surface area contributed by atoms with E-state index >= 15 is 0 Å². The van der Waals surface area contributed by atoms with Crippen LogP contribution >= 0.6 is 0 Å². The molecule has 0 amide bonds. The summed E-state index contributed by atoms with van der Waals surface area (Å²) < 4.78 is 10.3. The molecule has 0 saturated carbocycles. The van der Waals surface area contributed by atoms with Crippen LogP contribution in [0.3, 0.4) is 0 Å². The van der Waals surface area contributed by atoms with Crippen LogP contribution in [-0.4, -0.2) is 61.8 Å². The molecular formula is C12H23NO5. The number of ether oxygens (including phenoxy) is 2. The van der Waals surface area contributed by atoms with E-state index < -0.39 is 17.5 Å². The fraction of sp³-hybridized carbons (Fsp3) is 0.917. The van der Waals surface area contributed by atoms with Crippen molar-refractivity contribution in [1.82, 2.24) is 5.32 Å². The van der Waals surface area contributed by atoms with Gasteiger partial charge in [0.2, 0.25) is 0 Å². The fourth-order valence-corrected chi connectivity index (χ4v) is 2.26. The summed E-state index contributed by atoms with van der Waals surface area (Å²) in [4.78, 5) is 11.3. The van der Waals surface area contributed by atoms with E-state index in [2.05, 4.69) is 5.32 Å². The van der Waals surface area contributed by atoms with Gasteiger partial charge in [-0.15, -0.1) is 0 Å². The van der Waals surface area contributed by atoms with Crippen molar-refractivity contribution >= 4 is 5.97 Å². The van der Waals surface area contributed by atoms with Gasteiger partial charge in [-0.2, -0.15) is 0 Å². The molecule has 0 bridgehead atoms. The fourth-order valence-electron chi connectivity index (χ4n) is 2.26. The smallest absolute Gasteiger partial charge is 0.311 e. The van der Waals surface area contributed by atoms with E-state index in [1.807, 2.05) is 6.92 Å². The van der Waals surface area contributed by atoms with Crippen molar-refractivity contribution in [2.24, 2.45) is 5.41 Å². The van der Waals surface area contributed by atoms with Crippen LogP contribution in [0.1, 0.15) is 19.8 Å². The lowest BCUT2D eigenvalue weighted by atomic mass is 9.81.